The van der Waals surface area contributed by atoms with Gasteiger partial charge in [-0.15, -0.1) is 6.58 Å². The molecule has 0 aliphatic carbocycles. The van der Waals surface area contributed by atoms with Gasteiger partial charge in [-0.25, -0.2) is 8.42 Å². The highest BCUT2D eigenvalue weighted by molar-refractivity contribution is 7.90. The van der Waals surface area contributed by atoms with Crippen molar-refractivity contribution in [2.75, 3.05) is 12.0 Å². The number of sulfone groups is 1. The minimum absolute atomic E-state index is 0.0602. The summed E-state index contributed by atoms with van der Waals surface area (Å²) in [6, 6.07) is 0. The van der Waals surface area contributed by atoms with Crippen molar-refractivity contribution in [1.29, 1.82) is 0 Å². The number of carboxylic acids is 1. The molecule has 0 saturated heterocycles. The van der Waals surface area contributed by atoms with Crippen LogP contribution >= 0.6 is 0 Å². The molecule has 4 nitrogen and oxygen atoms in total. The minimum atomic E-state index is -3.11. The van der Waals surface area contributed by atoms with Crippen LogP contribution in [0.1, 0.15) is 13.3 Å². The number of hydrogen-bond acceptors (Lipinski definition) is 3. The quantitative estimate of drug-likeness (QED) is 0.672. The molecule has 1 N–H and O–H groups in total. The van der Waals surface area contributed by atoms with E-state index in [0.29, 0.717) is 0 Å². The summed E-state index contributed by atoms with van der Waals surface area (Å²) in [6.45, 7) is 4.83. The third-order valence-corrected chi connectivity index (χ3v) is 2.88. The van der Waals surface area contributed by atoms with Gasteiger partial charge in [-0.3, -0.25) is 4.79 Å². The van der Waals surface area contributed by atoms with Gasteiger partial charge >= 0.3 is 5.97 Å². The molecule has 13 heavy (non-hydrogen) atoms. The van der Waals surface area contributed by atoms with Gasteiger partial charge in [0, 0.05) is 6.26 Å². The normalized spacial score (nSPS) is 16.2. The van der Waals surface area contributed by atoms with E-state index in [2.05, 4.69) is 6.58 Å². The molecule has 0 amide bonds. The molecule has 0 heterocycles. The largest absolute Gasteiger partial charge is 0.481 e. The van der Waals surface area contributed by atoms with Crippen molar-refractivity contribution in [3.63, 3.8) is 0 Å². The third kappa shape index (κ3) is 4.07. The van der Waals surface area contributed by atoms with Gasteiger partial charge in [0.05, 0.1) is 11.2 Å². The fourth-order valence-corrected chi connectivity index (χ4v) is 1.49. The van der Waals surface area contributed by atoms with Crippen LogP contribution in [0, 0.1) is 5.41 Å². The van der Waals surface area contributed by atoms with E-state index in [-0.39, 0.29) is 12.2 Å². The second-order valence-corrected chi connectivity index (χ2v) is 5.57. The molecule has 0 aliphatic heterocycles. The van der Waals surface area contributed by atoms with Crippen molar-refractivity contribution in [2.45, 2.75) is 13.3 Å². The lowest BCUT2D eigenvalue weighted by Crippen LogP contribution is -2.27. The molecule has 1 unspecified atom stereocenters. The summed E-state index contributed by atoms with van der Waals surface area (Å²) in [5.74, 6) is -1.19. The lowest BCUT2D eigenvalue weighted by atomic mass is 9.88. The Morgan fingerprint density at radius 1 is 1.62 bits per heavy atom. The third-order valence-electron chi connectivity index (χ3n) is 1.93. The second-order valence-electron chi connectivity index (χ2n) is 3.31. The van der Waals surface area contributed by atoms with Gasteiger partial charge in [-0.2, -0.15) is 0 Å². The molecule has 1 atom stereocenters. The summed E-state index contributed by atoms with van der Waals surface area (Å²) in [7, 11) is -3.11. The van der Waals surface area contributed by atoms with Gasteiger partial charge in [0.25, 0.3) is 0 Å². The van der Waals surface area contributed by atoms with Crippen LogP contribution in [0.3, 0.4) is 0 Å². The van der Waals surface area contributed by atoms with Crippen LogP contribution in [-0.2, 0) is 14.6 Å². The topological polar surface area (TPSA) is 71.4 Å². The maximum Gasteiger partial charge on any atom is 0.313 e. The molecule has 0 aliphatic rings. The zero-order valence-electron chi connectivity index (χ0n) is 7.78. The first-order chi connectivity index (χ1) is 5.71. The van der Waals surface area contributed by atoms with E-state index in [9.17, 15) is 13.2 Å². The first-order valence-corrected chi connectivity index (χ1v) is 5.82. The molecule has 0 aromatic heterocycles. The predicted molar refractivity (Wildman–Crippen MR) is 50.3 cm³/mol. The molecule has 0 rings (SSSR count). The Morgan fingerprint density at radius 3 is 2.31 bits per heavy atom. The summed E-state index contributed by atoms with van der Waals surface area (Å²) >= 11 is 0. The molecular weight excluding hydrogens is 192 g/mol. The summed E-state index contributed by atoms with van der Waals surface area (Å²) in [6.07, 6.45) is 2.41. The van der Waals surface area contributed by atoms with Gasteiger partial charge in [0.1, 0.15) is 9.84 Å². The SMILES string of the molecule is C=CC(C)(CCS(C)(=O)=O)C(=O)O. The maximum atomic E-state index is 10.8. The Kier molecular flexibility index (Phi) is 3.66. The van der Waals surface area contributed by atoms with Crippen LogP contribution in [0.4, 0.5) is 0 Å². The monoisotopic (exact) mass is 206 g/mol. The summed E-state index contributed by atoms with van der Waals surface area (Å²) in [5, 5.41) is 8.76. The average Bonchev–Trinajstić information content (AvgIpc) is 1.98. The Labute approximate surface area is 78.2 Å². The molecule has 0 radical (unpaired) electrons. The van der Waals surface area contributed by atoms with E-state index < -0.39 is 21.2 Å². The van der Waals surface area contributed by atoms with E-state index in [4.69, 9.17) is 5.11 Å². The van der Waals surface area contributed by atoms with Crippen LogP contribution in [0.5, 0.6) is 0 Å². The second kappa shape index (κ2) is 3.91. The number of rotatable bonds is 5. The highest BCUT2D eigenvalue weighted by Gasteiger charge is 2.30. The van der Waals surface area contributed by atoms with Crippen molar-refractivity contribution < 1.29 is 18.3 Å². The fraction of sp³-hybridized carbons (Fsp3) is 0.625. The van der Waals surface area contributed by atoms with Crippen LogP contribution < -0.4 is 0 Å². The van der Waals surface area contributed by atoms with Gasteiger partial charge < -0.3 is 5.11 Å². The van der Waals surface area contributed by atoms with E-state index >= 15 is 0 Å². The molecule has 0 saturated carbocycles. The Morgan fingerprint density at radius 2 is 2.08 bits per heavy atom. The van der Waals surface area contributed by atoms with Gasteiger partial charge in [-0.05, 0) is 13.3 Å². The first-order valence-electron chi connectivity index (χ1n) is 3.76. The van der Waals surface area contributed by atoms with Crippen LogP contribution in [0.2, 0.25) is 0 Å². The maximum absolute atomic E-state index is 10.8. The Balaban J connectivity index is 4.48. The molecular formula is C8H14O4S. The molecule has 76 valence electrons. The van der Waals surface area contributed by atoms with Gasteiger partial charge in [-0.1, -0.05) is 6.08 Å². The summed E-state index contributed by atoms with van der Waals surface area (Å²) in [5.41, 5.74) is -1.15. The number of carbonyl (C=O) groups is 1. The predicted octanol–water partition coefficient (Wildman–Crippen LogP) is 0.698. The number of carboxylic acid groups (broad SMARTS) is 1. The van der Waals surface area contributed by atoms with Crippen molar-refractivity contribution >= 4 is 15.8 Å². The first kappa shape index (κ1) is 12.2. The molecule has 0 fully saturated rings. The lowest BCUT2D eigenvalue weighted by molar-refractivity contribution is -0.145. The zero-order valence-corrected chi connectivity index (χ0v) is 8.60. The van der Waals surface area contributed by atoms with Crippen molar-refractivity contribution in [1.82, 2.24) is 0 Å². The Hall–Kier alpha value is -0.840. The van der Waals surface area contributed by atoms with Crippen LogP contribution in [0.15, 0.2) is 12.7 Å². The highest BCUT2D eigenvalue weighted by Crippen LogP contribution is 2.23. The molecule has 5 heteroatoms. The average molecular weight is 206 g/mol. The summed E-state index contributed by atoms with van der Waals surface area (Å²) in [4.78, 5) is 10.7. The molecule has 0 aromatic carbocycles. The zero-order chi connectivity index (χ0) is 10.7. The number of aliphatic carboxylic acids is 1. The smallest absolute Gasteiger partial charge is 0.313 e. The van der Waals surface area contributed by atoms with Crippen molar-refractivity contribution in [3.05, 3.63) is 12.7 Å². The van der Waals surface area contributed by atoms with Crippen LogP contribution in [0.25, 0.3) is 0 Å². The molecule has 0 aromatic rings. The van der Waals surface area contributed by atoms with Crippen molar-refractivity contribution in [2.24, 2.45) is 5.41 Å². The minimum Gasteiger partial charge on any atom is -0.481 e. The molecule has 0 spiro atoms. The van der Waals surface area contributed by atoms with E-state index in [0.717, 1.165) is 6.26 Å². The van der Waals surface area contributed by atoms with Crippen LogP contribution in [-0.4, -0.2) is 31.5 Å². The standard InChI is InChI=1S/C8H14O4S/c1-4-8(2,7(9)10)5-6-13(3,11)12/h4H,1,5-6H2,2-3H3,(H,9,10). The van der Waals surface area contributed by atoms with Gasteiger partial charge in [0.15, 0.2) is 0 Å². The van der Waals surface area contributed by atoms with E-state index in [1.165, 1.54) is 13.0 Å². The highest BCUT2D eigenvalue weighted by atomic mass is 32.2. The van der Waals surface area contributed by atoms with Gasteiger partial charge in [0.2, 0.25) is 0 Å². The number of hydrogen-bond donors (Lipinski definition) is 1. The van der Waals surface area contributed by atoms with Crippen molar-refractivity contribution in [3.8, 4) is 0 Å². The Bertz CT molecular complexity index is 304. The summed E-state index contributed by atoms with van der Waals surface area (Å²) < 4.78 is 21.6. The lowest BCUT2D eigenvalue weighted by Gasteiger charge is -2.19. The van der Waals surface area contributed by atoms with E-state index in [1.54, 1.807) is 0 Å². The fourth-order valence-electron chi connectivity index (χ4n) is 0.694. The van der Waals surface area contributed by atoms with E-state index in [1.807, 2.05) is 0 Å². The molecule has 0 bridgehead atoms.